The molecule has 0 aromatic rings. The van der Waals surface area contributed by atoms with Gasteiger partial charge < -0.3 is 10.1 Å². The zero-order valence-electron chi connectivity index (χ0n) is 9.64. The van der Waals surface area contributed by atoms with Crippen LogP contribution in [0, 0.1) is 5.92 Å². The third-order valence-corrected chi connectivity index (χ3v) is 1.72. The molecule has 1 N–H and O–H groups in total. The van der Waals surface area contributed by atoms with Gasteiger partial charge in [0.15, 0.2) is 0 Å². The SMILES string of the molecule is CCOC(=O)NC(CC(C)C)C(=O)N=[N+]=[N-]. The summed E-state index contributed by atoms with van der Waals surface area (Å²) >= 11 is 0. The molecule has 2 amide bonds. The van der Waals surface area contributed by atoms with Crippen molar-refractivity contribution >= 4 is 12.0 Å². The fourth-order valence-corrected chi connectivity index (χ4v) is 1.12. The van der Waals surface area contributed by atoms with E-state index < -0.39 is 18.0 Å². The van der Waals surface area contributed by atoms with Crippen LogP contribution in [0.25, 0.3) is 10.4 Å². The molecule has 0 aliphatic heterocycles. The molecule has 16 heavy (non-hydrogen) atoms. The zero-order chi connectivity index (χ0) is 12.6. The highest BCUT2D eigenvalue weighted by atomic mass is 16.5. The third-order valence-electron chi connectivity index (χ3n) is 1.72. The summed E-state index contributed by atoms with van der Waals surface area (Å²) in [5, 5.41) is 5.32. The first-order valence-electron chi connectivity index (χ1n) is 5.03. The molecule has 90 valence electrons. The Morgan fingerprint density at radius 2 is 2.12 bits per heavy atom. The molecular formula is C9H16N4O3. The molecular weight excluding hydrogens is 212 g/mol. The largest absolute Gasteiger partial charge is 0.450 e. The lowest BCUT2D eigenvalue weighted by Crippen LogP contribution is -2.41. The van der Waals surface area contributed by atoms with E-state index in [1.807, 2.05) is 13.8 Å². The van der Waals surface area contributed by atoms with E-state index in [0.29, 0.717) is 6.42 Å². The first kappa shape index (κ1) is 14.2. The Balaban J connectivity index is 4.48. The Labute approximate surface area is 93.8 Å². The van der Waals surface area contributed by atoms with Crippen LogP contribution in [-0.2, 0) is 9.53 Å². The van der Waals surface area contributed by atoms with E-state index in [9.17, 15) is 9.59 Å². The van der Waals surface area contributed by atoms with Gasteiger partial charge in [-0.05, 0) is 29.9 Å². The second-order valence-electron chi connectivity index (χ2n) is 3.57. The van der Waals surface area contributed by atoms with E-state index >= 15 is 0 Å². The van der Waals surface area contributed by atoms with Crippen LogP contribution in [0.3, 0.4) is 0 Å². The molecule has 0 spiro atoms. The molecule has 0 radical (unpaired) electrons. The van der Waals surface area contributed by atoms with Gasteiger partial charge in [0, 0.05) is 4.91 Å². The van der Waals surface area contributed by atoms with Crippen LogP contribution in [0.1, 0.15) is 27.2 Å². The summed E-state index contributed by atoms with van der Waals surface area (Å²) < 4.78 is 4.65. The summed E-state index contributed by atoms with van der Waals surface area (Å²) in [5.74, 6) is -0.519. The van der Waals surface area contributed by atoms with Crippen molar-refractivity contribution in [3.63, 3.8) is 0 Å². The van der Waals surface area contributed by atoms with Gasteiger partial charge in [0.2, 0.25) is 5.91 Å². The number of ether oxygens (including phenoxy) is 1. The average molecular weight is 228 g/mol. The first-order valence-corrected chi connectivity index (χ1v) is 5.03. The summed E-state index contributed by atoms with van der Waals surface area (Å²) in [6, 6.07) is -0.824. The number of alkyl carbamates (subject to hydrolysis) is 1. The minimum atomic E-state index is -0.824. The molecule has 0 aromatic heterocycles. The molecule has 0 aliphatic carbocycles. The van der Waals surface area contributed by atoms with Crippen molar-refractivity contribution < 1.29 is 14.3 Å². The maximum atomic E-state index is 11.3. The van der Waals surface area contributed by atoms with Crippen LogP contribution in [0.5, 0.6) is 0 Å². The normalized spacial score (nSPS) is 11.5. The van der Waals surface area contributed by atoms with Crippen molar-refractivity contribution in [2.45, 2.75) is 33.2 Å². The molecule has 1 unspecified atom stereocenters. The third kappa shape index (κ3) is 5.87. The number of carbonyl (C=O) groups excluding carboxylic acids is 2. The van der Waals surface area contributed by atoms with Gasteiger partial charge in [0.25, 0.3) is 0 Å². The number of hydrogen-bond donors (Lipinski definition) is 1. The van der Waals surface area contributed by atoms with Gasteiger partial charge in [-0.2, -0.15) is 0 Å². The number of azide groups is 1. The minimum Gasteiger partial charge on any atom is -0.450 e. The molecule has 0 bridgehead atoms. The number of amides is 2. The lowest BCUT2D eigenvalue weighted by Gasteiger charge is -2.16. The highest BCUT2D eigenvalue weighted by Gasteiger charge is 2.21. The van der Waals surface area contributed by atoms with E-state index in [0.717, 1.165) is 0 Å². The monoisotopic (exact) mass is 228 g/mol. The van der Waals surface area contributed by atoms with Crippen LogP contribution >= 0.6 is 0 Å². The maximum absolute atomic E-state index is 11.3. The minimum absolute atomic E-state index is 0.185. The second kappa shape index (κ2) is 7.53. The van der Waals surface area contributed by atoms with Crippen molar-refractivity contribution in [3.8, 4) is 0 Å². The van der Waals surface area contributed by atoms with Crippen LogP contribution < -0.4 is 5.32 Å². The van der Waals surface area contributed by atoms with Gasteiger partial charge in [-0.1, -0.05) is 13.8 Å². The maximum Gasteiger partial charge on any atom is 0.407 e. The molecule has 1 atom stereocenters. The Hall–Kier alpha value is -1.75. The summed E-state index contributed by atoms with van der Waals surface area (Å²) in [7, 11) is 0. The highest BCUT2D eigenvalue weighted by molar-refractivity contribution is 5.86. The molecule has 0 fully saturated rings. The topological polar surface area (TPSA) is 104 Å². The quantitative estimate of drug-likeness (QED) is 0.442. The molecule has 0 rings (SSSR count). The molecule has 7 heteroatoms. The smallest absolute Gasteiger partial charge is 0.407 e. The average Bonchev–Trinajstić information content (AvgIpc) is 2.16. The lowest BCUT2D eigenvalue weighted by atomic mass is 10.0. The van der Waals surface area contributed by atoms with E-state index in [1.54, 1.807) is 6.92 Å². The molecule has 0 saturated carbocycles. The van der Waals surface area contributed by atoms with Gasteiger partial charge >= 0.3 is 6.09 Å². The molecule has 0 saturated heterocycles. The number of carbonyl (C=O) groups is 2. The summed E-state index contributed by atoms with van der Waals surface area (Å²) in [4.78, 5) is 24.9. The first-order chi connectivity index (χ1) is 7.51. The zero-order valence-corrected chi connectivity index (χ0v) is 9.64. The van der Waals surface area contributed by atoms with Crippen LogP contribution in [0.15, 0.2) is 5.11 Å². The summed E-state index contributed by atoms with van der Waals surface area (Å²) in [6.07, 6.45) is -0.286. The van der Waals surface area contributed by atoms with Gasteiger partial charge in [0.1, 0.15) is 0 Å². The Bertz CT molecular complexity index is 297. The van der Waals surface area contributed by atoms with E-state index in [2.05, 4.69) is 20.1 Å². The van der Waals surface area contributed by atoms with Crippen molar-refractivity contribution in [1.82, 2.24) is 5.32 Å². The fraction of sp³-hybridized carbons (Fsp3) is 0.778. The van der Waals surface area contributed by atoms with Crippen LogP contribution in [0.2, 0.25) is 0 Å². The number of nitrogens with one attached hydrogen (secondary N) is 1. The summed E-state index contributed by atoms with van der Waals surface area (Å²) in [5.41, 5.74) is 8.15. The van der Waals surface area contributed by atoms with Crippen molar-refractivity contribution in [2.75, 3.05) is 6.61 Å². The number of nitrogens with zero attached hydrogens (tertiary/aromatic N) is 3. The van der Waals surface area contributed by atoms with Crippen molar-refractivity contribution in [1.29, 1.82) is 0 Å². The summed E-state index contributed by atoms with van der Waals surface area (Å²) in [6.45, 7) is 5.66. The van der Waals surface area contributed by atoms with E-state index in [1.165, 1.54) is 0 Å². The molecule has 0 heterocycles. The van der Waals surface area contributed by atoms with Crippen LogP contribution in [0.4, 0.5) is 4.79 Å². The standard InChI is InChI=1S/C9H16N4O3/c1-4-16-9(15)11-7(5-6(2)3)8(14)12-13-10/h6-7H,4-5H2,1-3H3,(H,11,15). The number of hydrogen-bond acceptors (Lipinski definition) is 3. The number of rotatable bonds is 5. The lowest BCUT2D eigenvalue weighted by molar-refractivity contribution is -0.120. The van der Waals surface area contributed by atoms with Gasteiger partial charge in [-0.3, -0.25) is 4.79 Å². The highest BCUT2D eigenvalue weighted by Crippen LogP contribution is 2.06. The van der Waals surface area contributed by atoms with Gasteiger partial charge in [-0.15, -0.1) is 0 Å². The Kier molecular flexibility index (Phi) is 6.71. The predicted molar refractivity (Wildman–Crippen MR) is 57.6 cm³/mol. The van der Waals surface area contributed by atoms with Crippen molar-refractivity contribution in [3.05, 3.63) is 10.4 Å². The van der Waals surface area contributed by atoms with E-state index in [4.69, 9.17) is 5.53 Å². The van der Waals surface area contributed by atoms with Crippen molar-refractivity contribution in [2.24, 2.45) is 11.0 Å². The second-order valence-corrected chi connectivity index (χ2v) is 3.57. The Morgan fingerprint density at radius 1 is 1.50 bits per heavy atom. The molecule has 0 aromatic carbocycles. The van der Waals surface area contributed by atoms with Gasteiger partial charge in [0.05, 0.1) is 12.6 Å². The van der Waals surface area contributed by atoms with Crippen LogP contribution in [-0.4, -0.2) is 24.6 Å². The molecule has 7 nitrogen and oxygen atoms in total. The van der Waals surface area contributed by atoms with E-state index in [-0.39, 0.29) is 12.5 Å². The molecule has 0 aliphatic rings. The predicted octanol–water partition coefficient (Wildman–Crippen LogP) is 1.98. The fourth-order valence-electron chi connectivity index (χ4n) is 1.12. The van der Waals surface area contributed by atoms with Gasteiger partial charge in [-0.25, -0.2) is 4.79 Å². The Morgan fingerprint density at radius 3 is 2.56 bits per heavy atom.